The SMILES string of the molecule is Cc1ccc(NC(=O)CN(C)C(=O)[C@H](C)[NH2+]CC(C)C)cc1. The maximum atomic E-state index is 12.2. The Kier molecular flexibility index (Phi) is 7.05. The summed E-state index contributed by atoms with van der Waals surface area (Å²) in [6.45, 7) is 9.06. The molecule has 1 aromatic carbocycles. The van der Waals surface area contributed by atoms with Crippen molar-refractivity contribution in [3.63, 3.8) is 0 Å². The predicted octanol–water partition coefficient (Wildman–Crippen LogP) is 1.000. The number of aryl methyl sites for hydroxylation is 1. The van der Waals surface area contributed by atoms with Crippen LogP contribution in [0.2, 0.25) is 0 Å². The Morgan fingerprint density at radius 2 is 1.77 bits per heavy atom. The highest BCUT2D eigenvalue weighted by molar-refractivity contribution is 5.94. The fraction of sp³-hybridized carbons (Fsp3) is 0.529. The first-order valence-electron chi connectivity index (χ1n) is 7.74. The number of nitrogens with one attached hydrogen (secondary N) is 1. The Bertz CT molecular complexity index is 497. The molecule has 0 bridgehead atoms. The molecule has 2 amide bonds. The highest BCUT2D eigenvalue weighted by Crippen LogP contribution is 2.08. The topological polar surface area (TPSA) is 66.0 Å². The molecule has 0 heterocycles. The van der Waals surface area contributed by atoms with Crippen molar-refractivity contribution in [3.8, 4) is 0 Å². The van der Waals surface area contributed by atoms with Gasteiger partial charge < -0.3 is 15.5 Å². The van der Waals surface area contributed by atoms with Crippen molar-refractivity contribution in [2.24, 2.45) is 5.92 Å². The van der Waals surface area contributed by atoms with E-state index in [0.29, 0.717) is 5.92 Å². The number of benzene rings is 1. The van der Waals surface area contributed by atoms with E-state index in [2.05, 4.69) is 19.2 Å². The lowest BCUT2D eigenvalue weighted by Crippen LogP contribution is -2.92. The van der Waals surface area contributed by atoms with Gasteiger partial charge in [-0.1, -0.05) is 31.5 Å². The summed E-state index contributed by atoms with van der Waals surface area (Å²) in [5.41, 5.74) is 1.88. The summed E-state index contributed by atoms with van der Waals surface area (Å²) >= 11 is 0. The van der Waals surface area contributed by atoms with Gasteiger partial charge >= 0.3 is 0 Å². The molecule has 3 N–H and O–H groups in total. The van der Waals surface area contributed by atoms with E-state index in [4.69, 9.17) is 0 Å². The molecule has 0 spiro atoms. The summed E-state index contributed by atoms with van der Waals surface area (Å²) in [7, 11) is 1.66. The molecule has 0 aliphatic carbocycles. The molecule has 1 aromatic rings. The second-order valence-corrected chi connectivity index (χ2v) is 6.26. The Morgan fingerprint density at radius 3 is 2.32 bits per heavy atom. The average Bonchev–Trinajstić information content (AvgIpc) is 2.46. The first-order valence-corrected chi connectivity index (χ1v) is 7.74. The van der Waals surface area contributed by atoms with Gasteiger partial charge in [0.2, 0.25) is 5.91 Å². The van der Waals surface area contributed by atoms with E-state index < -0.39 is 0 Å². The van der Waals surface area contributed by atoms with E-state index in [1.807, 2.05) is 43.4 Å². The van der Waals surface area contributed by atoms with E-state index in [-0.39, 0.29) is 24.4 Å². The molecule has 0 aromatic heterocycles. The number of rotatable bonds is 7. The van der Waals surface area contributed by atoms with E-state index in [1.54, 1.807) is 7.05 Å². The summed E-state index contributed by atoms with van der Waals surface area (Å²) in [5, 5.41) is 4.82. The number of quaternary nitrogens is 1. The molecule has 0 aliphatic heterocycles. The number of carbonyl (C=O) groups is 2. The van der Waals surface area contributed by atoms with E-state index >= 15 is 0 Å². The van der Waals surface area contributed by atoms with Crippen LogP contribution < -0.4 is 10.6 Å². The number of nitrogens with zero attached hydrogens (tertiary/aromatic N) is 1. The molecular formula is C17H28N3O2+. The van der Waals surface area contributed by atoms with Crippen LogP contribution in [0, 0.1) is 12.8 Å². The molecule has 1 rings (SSSR count). The van der Waals surface area contributed by atoms with Crippen LogP contribution in [0.3, 0.4) is 0 Å². The fourth-order valence-electron chi connectivity index (χ4n) is 2.06. The minimum absolute atomic E-state index is 0.0280. The van der Waals surface area contributed by atoms with Crippen LogP contribution in [0.4, 0.5) is 5.69 Å². The van der Waals surface area contributed by atoms with E-state index in [1.165, 1.54) is 4.90 Å². The highest BCUT2D eigenvalue weighted by atomic mass is 16.2. The van der Waals surface area contributed by atoms with Crippen LogP contribution in [-0.4, -0.2) is 42.9 Å². The molecule has 5 heteroatoms. The number of hydrogen-bond donors (Lipinski definition) is 2. The van der Waals surface area contributed by atoms with Crippen LogP contribution in [0.1, 0.15) is 26.3 Å². The summed E-state index contributed by atoms with van der Waals surface area (Å²) < 4.78 is 0. The van der Waals surface area contributed by atoms with Crippen LogP contribution in [0.15, 0.2) is 24.3 Å². The standard InChI is InChI=1S/C17H27N3O2/c1-12(2)10-18-14(4)17(22)20(5)11-16(21)19-15-8-6-13(3)7-9-15/h6-9,12,14,18H,10-11H2,1-5H3,(H,19,21)/p+1/t14-/m0/s1. The molecule has 22 heavy (non-hydrogen) atoms. The molecule has 0 radical (unpaired) electrons. The van der Waals surface area contributed by atoms with Crippen LogP contribution in [0.25, 0.3) is 0 Å². The zero-order valence-corrected chi connectivity index (χ0v) is 14.2. The smallest absolute Gasteiger partial charge is 0.280 e. The van der Waals surface area contributed by atoms with Crippen molar-refractivity contribution in [1.29, 1.82) is 0 Å². The largest absolute Gasteiger partial charge is 0.336 e. The molecule has 0 saturated carbocycles. The number of carbonyl (C=O) groups excluding carboxylic acids is 2. The second kappa shape index (κ2) is 8.54. The molecule has 1 atom stereocenters. The third kappa shape index (κ3) is 6.26. The maximum Gasteiger partial charge on any atom is 0.280 e. The first-order chi connectivity index (χ1) is 10.3. The van der Waals surface area contributed by atoms with Gasteiger partial charge in [0.05, 0.1) is 13.1 Å². The number of nitrogens with two attached hydrogens (primary N) is 1. The zero-order chi connectivity index (χ0) is 16.7. The number of likely N-dealkylation sites (N-methyl/N-ethyl adjacent to an activating group) is 1. The monoisotopic (exact) mass is 306 g/mol. The van der Waals surface area contributed by atoms with Gasteiger partial charge in [-0.05, 0) is 26.0 Å². The van der Waals surface area contributed by atoms with Gasteiger partial charge in [-0.15, -0.1) is 0 Å². The van der Waals surface area contributed by atoms with Crippen molar-refractivity contribution in [2.45, 2.75) is 33.7 Å². The molecule has 0 unspecified atom stereocenters. The summed E-state index contributed by atoms with van der Waals surface area (Å²) in [5.74, 6) is 0.320. The predicted molar refractivity (Wildman–Crippen MR) is 88.5 cm³/mol. The summed E-state index contributed by atoms with van der Waals surface area (Å²) in [6.07, 6.45) is 0. The summed E-state index contributed by atoms with van der Waals surface area (Å²) in [4.78, 5) is 25.7. The molecule has 122 valence electrons. The van der Waals surface area contributed by atoms with E-state index in [0.717, 1.165) is 17.8 Å². The molecule has 0 fully saturated rings. The fourth-order valence-corrected chi connectivity index (χ4v) is 2.06. The van der Waals surface area contributed by atoms with Crippen LogP contribution in [-0.2, 0) is 9.59 Å². The van der Waals surface area contributed by atoms with Gasteiger partial charge in [-0.25, -0.2) is 0 Å². The van der Waals surface area contributed by atoms with Crippen molar-refractivity contribution >= 4 is 17.5 Å². The Balaban J connectivity index is 2.45. The van der Waals surface area contributed by atoms with Crippen molar-refractivity contribution in [2.75, 3.05) is 25.5 Å². The Labute approximate surface area is 133 Å². The highest BCUT2D eigenvalue weighted by Gasteiger charge is 2.22. The van der Waals surface area contributed by atoms with Crippen LogP contribution >= 0.6 is 0 Å². The minimum atomic E-state index is -0.184. The summed E-state index contributed by atoms with van der Waals surface area (Å²) in [6, 6.07) is 7.42. The molecule has 0 aliphatic rings. The van der Waals surface area contributed by atoms with Gasteiger partial charge in [-0.2, -0.15) is 0 Å². The molecule has 0 saturated heterocycles. The van der Waals surface area contributed by atoms with Crippen LogP contribution in [0.5, 0.6) is 0 Å². The third-order valence-electron chi connectivity index (χ3n) is 3.44. The van der Waals surface area contributed by atoms with Gasteiger partial charge in [0.15, 0.2) is 6.04 Å². The van der Waals surface area contributed by atoms with Crippen molar-refractivity contribution in [3.05, 3.63) is 29.8 Å². The lowest BCUT2D eigenvalue weighted by molar-refractivity contribution is -0.678. The number of hydrogen-bond acceptors (Lipinski definition) is 2. The zero-order valence-electron chi connectivity index (χ0n) is 14.2. The lowest BCUT2D eigenvalue weighted by atomic mass is 10.2. The Morgan fingerprint density at radius 1 is 1.18 bits per heavy atom. The maximum absolute atomic E-state index is 12.2. The average molecular weight is 306 g/mol. The molecule has 5 nitrogen and oxygen atoms in total. The quantitative estimate of drug-likeness (QED) is 0.789. The van der Waals surface area contributed by atoms with Crippen molar-refractivity contribution in [1.82, 2.24) is 4.90 Å². The van der Waals surface area contributed by atoms with Gasteiger partial charge in [0, 0.05) is 18.7 Å². The Hall–Kier alpha value is -1.88. The first kappa shape index (κ1) is 18.2. The normalized spacial score (nSPS) is 12.1. The number of anilines is 1. The lowest BCUT2D eigenvalue weighted by Gasteiger charge is -2.20. The van der Waals surface area contributed by atoms with Gasteiger partial charge in [-0.3, -0.25) is 9.59 Å². The molecular weight excluding hydrogens is 278 g/mol. The van der Waals surface area contributed by atoms with Gasteiger partial charge in [0.1, 0.15) is 0 Å². The number of amides is 2. The minimum Gasteiger partial charge on any atom is -0.336 e. The van der Waals surface area contributed by atoms with Gasteiger partial charge in [0.25, 0.3) is 5.91 Å². The van der Waals surface area contributed by atoms with E-state index in [9.17, 15) is 9.59 Å². The third-order valence-corrected chi connectivity index (χ3v) is 3.44. The van der Waals surface area contributed by atoms with Crippen molar-refractivity contribution < 1.29 is 14.9 Å². The second-order valence-electron chi connectivity index (χ2n) is 6.26.